The van der Waals surface area contributed by atoms with Crippen LogP contribution in [0.4, 0.5) is 0 Å². The molecule has 0 aromatic heterocycles. The summed E-state index contributed by atoms with van der Waals surface area (Å²) in [5.41, 5.74) is 0.885. The van der Waals surface area contributed by atoms with Crippen molar-refractivity contribution in [2.24, 2.45) is 5.92 Å². The molecule has 3 nitrogen and oxygen atoms in total. The van der Waals surface area contributed by atoms with E-state index in [0.717, 1.165) is 17.1 Å². The average molecular weight is 232 g/mol. The molecular formula is C14H16O3. The summed E-state index contributed by atoms with van der Waals surface area (Å²) in [4.78, 5) is 0. The number of aliphatic hydroxyl groups is 1. The van der Waals surface area contributed by atoms with Gasteiger partial charge in [0.2, 0.25) is 0 Å². The minimum absolute atomic E-state index is 0.0923. The van der Waals surface area contributed by atoms with Crippen LogP contribution in [0, 0.1) is 17.8 Å². The molecule has 1 aromatic rings. The molecule has 0 saturated carbocycles. The molecule has 0 aliphatic carbocycles. The molecule has 1 unspecified atom stereocenters. The Labute approximate surface area is 101 Å². The molecule has 1 heterocycles. The van der Waals surface area contributed by atoms with Gasteiger partial charge in [-0.05, 0) is 18.2 Å². The summed E-state index contributed by atoms with van der Waals surface area (Å²) < 4.78 is 11.3. The number of rotatable bonds is 1. The first-order valence-electron chi connectivity index (χ1n) is 5.79. The maximum Gasteiger partial charge on any atom is 0.162 e. The summed E-state index contributed by atoms with van der Waals surface area (Å²) in [7, 11) is 0. The number of benzene rings is 1. The molecular weight excluding hydrogens is 216 g/mol. The van der Waals surface area contributed by atoms with E-state index in [1.54, 1.807) is 0 Å². The molecule has 0 saturated heterocycles. The topological polar surface area (TPSA) is 38.7 Å². The van der Waals surface area contributed by atoms with Crippen LogP contribution in [0.3, 0.4) is 0 Å². The first-order valence-corrected chi connectivity index (χ1v) is 5.79. The van der Waals surface area contributed by atoms with Crippen LogP contribution in [0.25, 0.3) is 0 Å². The van der Waals surface area contributed by atoms with Gasteiger partial charge in [0.15, 0.2) is 11.5 Å². The monoisotopic (exact) mass is 232 g/mol. The molecule has 0 radical (unpaired) electrons. The van der Waals surface area contributed by atoms with Crippen molar-refractivity contribution in [3.8, 4) is 23.3 Å². The normalized spacial score (nSPS) is 17.9. The van der Waals surface area contributed by atoms with Crippen LogP contribution in [0.15, 0.2) is 18.2 Å². The van der Waals surface area contributed by atoms with Gasteiger partial charge in [0.25, 0.3) is 0 Å². The maximum absolute atomic E-state index is 8.66. The summed E-state index contributed by atoms with van der Waals surface area (Å²) in [6.07, 6.45) is 0.492. The van der Waals surface area contributed by atoms with E-state index >= 15 is 0 Å². The number of fused-ring (bicyclic) bond motifs is 1. The third-order valence-electron chi connectivity index (χ3n) is 2.46. The van der Waals surface area contributed by atoms with Gasteiger partial charge in [-0.1, -0.05) is 18.8 Å². The molecule has 1 N–H and O–H groups in total. The molecule has 90 valence electrons. The lowest BCUT2D eigenvalue weighted by molar-refractivity contribution is 0.228. The molecule has 1 atom stereocenters. The summed E-state index contributed by atoms with van der Waals surface area (Å²) in [5.74, 6) is 7.80. The van der Waals surface area contributed by atoms with Crippen LogP contribution in [0.2, 0.25) is 0 Å². The second-order valence-electron chi connectivity index (χ2n) is 4.16. The first-order chi connectivity index (χ1) is 8.29. The van der Waals surface area contributed by atoms with Crippen molar-refractivity contribution in [1.82, 2.24) is 0 Å². The fourth-order valence-electron chi connectivity index (χ4n) is 1.55. The van der Waals surface area contributed by atoms with Crippen molar-refractivity contribution in [2.75, 3.05) is 19.8 Å². The number of ether oxygens (including phenoxy) is 2. The van der Waals surface area contributed by atoms with E-state index in [0.29, 0.717) is 25.6 Å². The molecule has 17 heavy (non-hydrogen) atoms. The Morgan fingerprint density at radius 1 is 1.29 bits per heavy atom. The van der Waals surface area contributed by atoms with Crippen molar-refractivity contribution in [1.29, 1.82) is 0 Å². The van der Waals surface area contributed by atoms with Crippen molar-refractivity contribution in [2.45, 2.75) is 13.3 Å². The quantitative estimate of drug-likeness (QED) is 0.751. The van der Waals surface area contributed by atoms with E-state index < -0.39 is 0 Å². The SMILES string of the molecule is CC1COc2ccc(C#CCCO)cc2OC1. The highest BCUT2D eigenvalue weighted by atomic mass is 16.5. The molecule has 0 bridgehead atoms. The highest BCUT2D eigenvalue weighted by Gasteiger charge is 2.14. The minimum Gasteiger partial charge on any atom is -0.489 e. The zero-order valence-corrected chi connectivity index (χ0v) is 9.90. The van der Waals surface area contributed by atoms with E-state index in [-0.39, 0.29) is 6.61 Å². The molecule has 2 rings (SSSR count). The van der Waals surface area contributed by atoms with Gasteiger partial charge >= 0.3 is 0 Å². The smallest absolute Gasteiger partial charge is 0.162 e. The summed E-state index contributed by atoms with van der Waals surface area (Å²) in [6.45, 7) is 3.53. The zero-order valence-electron chi connectivity index (χ0n) is 9.90. The number of hydrogen-bond donors (Lipinski definition) is 1. The fourth-order valence-corrected chi connectivity index (χ4v) is 1.55. The van der Waals surface area contributed by atoms with Gasteiger partial charge in [0, 0.05) is 17.9 Å². The van der Waals surface area contributed by atoms with E-state index in [1.807, 2.05) is 18.2 Å². The molecule has 0 amide bonds. The van der Waals surface area contributed by atoms with Gasteiger partial charge in [-0.2, -0.15) is 0 Å². The number of aliphatic hydroxyl groups excluding tert-OH is 1. The lowest BCUT2D eigenvalue weighted by atomic mass is 10.2. The van der Waals surface area contributed by atoms with Gasteiger partial charge < -0.3 is 14.6 Å². The van der Waals surface area contributed by atoms with Crippen molar-refractivity contribution < 1.29 is 14.6 Å². The van der Waals surface area contributed by atoms with Crippen LogP contribution in [-0.2, 0) is 0 Å². The standard InChI is InChI=1S/C14H16O3/c1-11-9-16-13-6-5-12(4-2-3-7-15)8-14(13)17-10-11/h5-6,8,11,15H,3,7,9-10H2,1H3. The van der Waals surface area contributed by atoms with Crippen LogP contribution in [-0.4, -0.2) is 24.9 Å². The second-order valence-corrected chi connectivity index (χ2v) is 4.16. The predicted octanol–water partition coefficient (Wildman–Crippen LogP) is 1.83. The van der Waals surface area contributed by atoms with E-state index in [4.69, 9.17) is 14.6 Å². The highest BCUT2D eigenvalue weighted by Crippen LogP contribution is 2.31. The van der Waals surface area contributed by atoms with Crippen LogP contribution in [0.5, 0.6) is 11.5 Å². The van der Waals surface area contributed by atoms with E-state index in [9.17, 15) is 0 Å². The maximum atomic E-state index is 8.66. The predicted molar refractivity (Wildman–Crippen MR) is 65.2 cm³/mol. The Hall–Kier alpha value is -1.66. The van der Waals surface area contributed by atoms with E-state index in [1.165, 1.54) is 0 Å². The van der Waals surface area contributed by atoms with E-state index in [2.05, 4.69) is 18.8 Å². The molecule has 1 aromatic carbocycles. The second kappa shape index (κ2) is 5.60. The Kier molecular flexibility index (Phi) is 3.89. The zero-order chi connectivity index (χ0) is 12.1. The fraction of sp³-hybridized carbons (Fsp3) is 0.429. The Morgan fingerprint density at radius 3 is 2.82 bits per heavy atom. The van der Waals surface area contributed by atoms with Crippen LogP contribution < -0.4 is 9.47 Å². The third kappa shape index (κ3) is 3.15. The highest BCUT2D eigenvalue weighted by molar-refractivity contribution is 5.48. The van der Waals surface area contributed by atoms with Crippen molar-refractivity contribution in [3.63, 3.8) is 0 Å². The van der Waals surface area contributed by atoms with Gasteiger partial charge in [-0.15, -0.1) is 0 Å². The first kappa shape index (κ1) is 11.8. The summed E-state index contributed by atoms with van der Waals surface area (Å²) in [6, 6.07) is 5.68. The van der Waals surface area contributed by atoms with Gasteiger partial charge in [-0.3, -0.25) is 0 Å². The third-order valence-corrected chi connectivity index (χ3v) is 2.46. The Balaban J connectivity index is 2.17. The van der Waals surface area contributed by atoms with Crippen LogP contribution >= 0.6 is 0 Å². The lowest BCUT2D eigenvalue weighted by Gasteiger charge is -2.06. The van der Waals surface area contributed by atoms with Crippen molar-refractivity contribution >= 4 is 0 Å². The summed E-state index contributed by atoms with van der Waals surface area (Å²) in [5, 5.41) is 8.66. The molecule has 0 fully saturated rings. The molecule has 0 spiro atoms. The lowest BCUT2D eigenvalue weighted by Crippen LogP contribution is -2.12. The number of hydrogen-bond acceptors (Lipinski definition) is 3. The van der Waals surface area contributed by atoms with Crippen molar-refractivity contribution in [3.05, 3.63) is 23.8 Å². The largest absolute Gasteiger partial charge is 0.489 e. The Morgan fingerprint density at radius 2 is 2.06 bits per heavy atom. The van der Waals surface area contributed by atoms with Gasteiger partial charge in [0.05, 0.1) is 19.8 Å². The Bertz CT molecular complexity index is 443. The van der Waals surface area contributed by atoms with Crippen LogP contribution in [0.1, 0.15) is 18.9 Å². The van der Waals surface area contributed by atoms with Gasteiger partial charge in [-0.25, -0.2) is 0 Å². The molecule has 3 heteroatoms. The summed E-state index contributed by atoms with van der Waals surface area (Å²) >= 11 is 0. The molecule has 1 aliphatic rings. The van der Waals surface area contributed by atoms with Gasteiger partial charge in [0.1, 0.15) is 0 Å². The minimum atomic E-state index is 0.0923. The average Bonchev–Trinajstić information content (AvgIpc) is 2.52. The molecule has 1 aliphatic heterocycles.